The molecule has 3 rings (SSSR count). The van der Waals surface area contributed by atoms with Crippen LogP contribution in [0.25, 0.3) is 0 Å². The molecule has 144 valence electrons. The summed E-state index contributed by atoms with van der Waals surface area (Å²) in [5, 5.41) is 0.697. The predicted molar refractivity (Wildman–Crippen MR) is 113 cm³/mol. The number of carbonyl (C=O) groups is 1. The van der Waals surface area contributed by atoms with E-state index in [9.17, 15) is 4.79 Å². The summed E-state index contributed by atoms with van der Waals surface area (Å²) >= 11 is 8.15. The third kappa shape index (κ3) is 5.48. The number of nitrogens with zero attached hydrogens (tertiary/aromatic N) is 2. The largest absolute Gasteiger partial charge is 0.472 e. The molecule has 0 aliphatic carbocycles. The molecule has 0 N–H and O–H groups in total. The van der Waals surface area contributed by atoms with Crippen LogP contribution in [0, 0.1) is 3.57 Å². The van der Waals surface area contributed by atoms with E-state index in [0.29, 0.717) is 30.6 Å². The van der Waals surface area contributed by atoms with Gasteiger partial charge in [-0.3, -0.25) is 0 Å². The highest BCUT2D eigenvalue weighted by molar-refractivity contribution is 14.1. The number of carbonyl (C=O) groups excluding carboxylic acids is 1. The van der Waals surface area contributed by atoms with Crippen molar-refractivity contribution in [1.29, 1.82) is 0 Å². The summed E-state index contributed by atoms with van der Waals surface area (Å²) in [6.07, 6.45) is 0.451. The molecule has 1 aromatic carbocycles. The highest BCUT2D eigenvalue weighted by Gasteiger charge is 2.27. The topological polar surface area (TPSA) is 51.7 Å². The van der Waals surface area contributed by atoms with Crippen LogP contribution in [0.5, 0.6) is 5.88 Å². The third-order valence-corrected chi connectivity index (χ3v) is 5.07. The lowest BCUT2D eigenvalue weighted by atomic mass is 10.1. The highest BCUT2D eigenvalue weighted by Crippen LogP contribution is 2.27. The molecule has 7 heteroatoms. The van der Waals surface area contributed by atoms with Gasteiger partial charge in [-0.05, 0) is 79.1 Å². The second-order valence-electron chi connectivity index (χ2n) is 7.45. The molecule has 0 atom stereocenters. The minimum atomic E-state index is -0.510. The van der Waals surface area contributed by atoms with Crippen LogP contribution in [0.1, 0.15) is 37.6 Å². The molecule has 0 saturated carbocycles. The number of halogens is 2. The van der Waals surface area contributed by atoms with Gasteiger partial charge in [0.05, 0.1) is 15.8 Å². The van der Waals surface area contributed by atoms with Gasteiger partial charge in [0.2, 0.25) is 5.88 Å². The number of pyridine rings is 1. The van der Waals surface area contributed by atoms with Crippen LogP contribution in [0.15, 0.2) is 30.3 Å². The van der Waals surface area contributed by atoms with Gasteiger partial charge in [0.1, 0.15) is 12.2 Å². The summed E-state index contributed by atoms with van der Waals surface area (Å²) in [7, 11) is 0. The molecule has 0 radical (unpaired) electrons. The molecule has 2 heterocycles. The van der Waals surface area contributed by atoms with Gasteiger partial charge in [-0.1, -0.05) is 23.7 Å². The summed E-state index contributed by atoms with van der Waals surface area (Å²) in [6.45, 7) is 7.07. The van der Waals surface area contributed by atoms with Crippen LogP contribution in [0.2, 0.25) is 5.02 Å². The summed E-state index contributed by atoms with van der Waals surface area (Å²) in [5.41, 5.74) is 2.52. The Bertz CT molecular complexity index is 834. The molecule has 1 amide bonds. The minimum Gasteiger partial charge on any atom is -0.472 e. The molecule has 0 bridgehead atoms. The zero-order valence-corrected chi connectivity index (χ0v) is 18.5. The molecular formula is C20H22ClIN2O3. The standard InChI is InChI=1S/C20H22ClIN2O3/c1-20(2,3)27-19(25)24-9-8-14-10-16(22)18(23-17(14)11-24)26-12-13-4-6-15(21)7-5-13/h4-7,10H,8-9,11-12H2,1-3H3. The summed E-state index contributed by atoms with van der Waals surface area (Å²) in [4.78, 5) is 18.7. The monoisotopic (exact) mass is 500 g/mol. The van der Waals surface area contributed by atoms with Crippen LogP contribution >= 0.6 is 34.2 Å². The minimum absolute atomic E-state index is 0.308. The average Bonchev–Trinajstić information content (AvgIpc) is 2.59. The Hall–Kier alpha value is -1.54. The Morgan fingerprint density at radius 3 is 2.67 bits per heavy atom. The first kappa shape index (κ1) is 20.2. The molecule has 27 heavy (non-hydrogen) atoms. The number of benzene rings is 1. The van der Waals surface area contributed by atoms with Gasteiger partial charge >= 0.3 is 6.09 Å². The lowest BCUT2D eigenvalue weighted by Gasteiger charge is -2.31. The fraction of sp³-hybridized carbons (Fsp3) is 0.400. The van der Waals surface area contributed by atoms with Crippen molar-refractivity contribution in [3.63, 3.8) is 0 Å². The van der Waals surface area contributed by atoms with E-state index in [1.54, 1.807) is 4.90 Å². The molecule has 1 aliphatic heterocycles. The lowest BCUT2D eigenvalue weighted by Crippen LogP contribution is -2.40. The van der Waals surface area contributed by atoms with Crippen LogP contribution in [-0.4, -0.2) is 28.1 Å². The van der Waals surface area contributed by atoms with Crippen molar-refractivity contribution in [3.8, 4) is 5.88 Å². The number of rotatable bonds is 3. The molecule has 5 nitrogen and oxygen atoms in total. The molecular weight excluding hydrogens is 479 g/mol. The summed E-state index contributed by atoms with van der Waals surface area (Å²) in [6, 6.07) is 9.62. The van der Waals surface area contributed by atoms with Crippen molar-refractivity contribution in [2.24, 2.45) is 0 Å². The van der Waals surface area contributed by atoms with E-state index in [4.69, 9.17) is 21.1 Å². The van der Waals surface area contributed by atoms with Gasteiger partial charge < -0.3 is 14.4 Å². The molecule has 1 aliphatic rings. The number of aromatic nitrogens is 1. The van der Waals surface area contributed by atoms with Gasteiger partial charge in [-0.25, -0.2) is 9.78 Å². The van der Waals surface area contributed by atoms with E-state index in [1.807, 2.05) is 45.0 Å². The lowest BCUT2D eigenvalue weighted by molar-refractivity contribution is 0.0220. The zero-order chi connectivity index (χ0) is 19.6. The van der Waals surface area contributed by atoms with E-state index >= 15 is 0 Å². The second kappa shape index (κ2) is 8.22. The average molecular weight is 501 g/mol. The van der Waals surface area contributed by atoms with E-state index < -0.39 is 5.60 Å². The number of ether oxygens (including phenoxy) is 2. The van der Waals surface area contributed by atoms with Gasteiger partial charge in [0.15, 0.2) is 0 Å². The number of fused-ring (bicyclic) bond motifs is 1. The Morgan fingerprint density at radius 2 is 2.00 bits per heavy atom. The van der Waals surface area contributed by atoms with Crippen molar-refractivity contribution < 1.29 is 14.3 Å². The second-order valence-corrected chi connectivity index (χ2v) is 9.05. The van der Waals surface area contributed by atoms with Crippen molar-refractivity contribution in [3.05, 3.63) is 55.7 Å². The van der Waals surface area contributed by atoms with Gasteiger partial charge in [0.25, 0.3) is 0 Å². The van der Waals surface area contributed by atoms with Gasteiger partial charge in [-0.15, -0.1) is 0 Å². The van der Waals surface area contributed by atoms with Crippen molar-refractivity contribution in [1.82, 2.24) is 9.88 Å². The maximum atomic E-state index is 12.3. The van der Waals surface area contributed by atoms with Crippen LogP contribution in [0.3, 0.4) is 0 Å². The molecule has 2 aromatic rings. The maximum Gasteiger partial charge on any atom is 0.410 e. The van der Waals surface area contributed by atoms with Crippen LogP contribution in [-0.2, 0) is 24.3 Å². The van der Waals surface area contributed by atoms with Gasteiger partial charge in [0, 0.05) is 11.6 Å². The van der Waals surface area contributed by atoms with Crippen molar-refractivity contribution in [2.45, 2.75) is 45.9 Å². The molecule has 0 saturated heterocycles. The SMILES string of the molecule is CC(C)(C)OC(=O)N1CCc2cc(I)c(OCc3ccc(Cl)cc3)nc2C1. The first-order chi connectivity index (χ1) is 12.7. The fourth-order valence-corrected chi connectivity index (χ4v) is 3.51. The van der Waals surface area contributed by atoms with E-state index in [-0.39, 0.29) is 6.09 Å². The van der Waals surface area contributed by atoms with Gasteiger partial charge in [-0.2, -0.15) is 0 Å². The number of amides is 1. The molecule has 0 unspecified atom stereocenters. The number of hydrogen-bond donors (Lipinski definition) is 0. The number of hydrogen-bond acceptors (Lipinski definition) is 4. The van der Waals surface area contributed by atoms with E-state index in [2.05, 4.69) is 33.6 Å². The van der Waals surface area contributed by atoms with Crippen molar-refractivity contribution in [2.75, 3.05) is 6.54 Å². The van der Waals surface area contributed by atoms with Crippen LogP contribution in [0.4, 0.5) is 4.79 Å². The summed E-state index contributed by atoms with van der Waals surface area (Å²) in [5.74, 6) is 0.579. The smallest absolute Gasteiger partial charge is 0.410 e. The molecule has 0 fully saturated rings. The van der Waals surface area contributed by atoms with Crippen molar-refractivity contribution >= 4 is 40.3 Å². The first-order valence-electron chi connectivity index (χ1n) is 8.75. The Kier molecular flexibility index (Phi) is 6.15. The quantitative estimate of drug-likeness (QED) is 0.543. The zero-order valence-electron chi connectivity index (χ0n) is 15.6. The van der Waals surface area contributed by atoms with E-state index in [1.165, 1.54) is 0 Å². The Labute approximate surface area is 178 Å². The van der Waals surface area contributed by atoms with E-state index in [0.717, 1.165) is 26.8 Å². The molecule has 0 spiro atoms. The fourth-order valence-electron chi connectivity index (χ4n) is 2.73. The highest BCUT2D eigenvalue weighted by atomic mass is 127. The molecule has 1 aromatic heterocycles. The first-order valence-corrected chi connectivity index (χ1v) is 10.2. The predicted octanol–water partition coefficient (Wildman–Crippen LogP) is 5.21. The Balaban J connectivity index is 1.71. The summed E-state index contributed by atoms with van der Waals surface area (Å²) < 4.78 is 12.3. The normalized spacial score (nSPS) is 13.9. The third-order valence-electron chi connectivity index (χ3n) is 4.04. The maximum absolute atomic E-state index is 12.3. The van der Waals surface area contributed by atoms with Crippen LogP contribution < -0.4 is 4.74 Å². The Morgan fingerprint density at radius 1 is 1.30 bits per heavy atom.